The summed E-state index contributed by atoms with van der Waals surface area (Å²) in [5.41, 5.74) is 10.1. The highest BCUT2D eigenvalue weighted by molar-refractivity contribution is 6.30. The van der Waals surface area contributed by atoms with Gasteiger partial charge in [0.15, 0.2) is 0 Å². The van der Waals surface area contributed by atoms with Crippen molar-refractivity contribution in [2.45, 2.75) is 6.04 Å². The average Bonchev–Trinajstić information content (AvgIpc) is 2.51. The van der Waals surface area contributed by atoms with E-state index in [9.17, 15) is 0 Å². The first-order valence-electron chi connectivity index (χ1n) is 6.19. The lowest BCUT2D eigenvalue weighted by atomic mass is 9.99. The first-order valence-corrected chi connectivity index (χ1v) is 6.56. The maximum absolute atomic E-state index is 5.99. The van der Waals surface area contributed by atoms with Crippen LogP contribution >= 0.6 is 11.6 Å². The van der Waals surface area contributed by atoms with E-state index in [4.69, 9.17) is 32.7 Å². The molecule has 0 radical (unpaired) electrons. The molecule has 1 atom stereocenters. The number of nitrogens with one attached hydrogen (secondary N) is 1. The Labute approximate surface area is 128 Å². The lowest BCUT2D eigenvalue weighted by molar-refractivity contribution is 0.392. The standard InChI is InChI=1S/C14H17ClN4O2/c1-20-10-3-8(4-11(6-10)21-2)13(19-17)12-5-9(15)7-18-14(12)16/h3-7,13,19H,17H2,1-2H3,(H2,16,18). The maximum atomic E-state index is 5.99. The number of nitrogens with two attached hydrogens (primary N) is 2. The summed E-state index contributed by atoms with van der Waals surface area (Å²) in [6, 6.07) is 6.79. The van der Waals surface area contributed by atoms with Gasteiger partial charge in [0, 0.05) is 17.8 Å². The monoisotopic (exact) mass is 308 g/mol. The van der Waals surface area contributed by atoms with Crippen molar-refractivity contribution >= 4 is 17.4 Å². The van der Waals surface area contributed by atoms with E-state index in [1.165, 1.54) is 6.20 Å². The zero-order chi connectivity index (χ0) is 15.4. The molecule has 0 spiro atoms. The first kappa shape index (κ1) is 15.4. The van der Waals surface area contributed by atoms with Crippen molar-refractivity contribution in [2.24, 2.45) is 5.84 Å². The Kier molecular flexibility index (Phi) is 4.85. The number of halogens is 1. The number of hydrogen-bond donors (Lipinski definition) is 3. The molecule has 0 aliphatic heterocycles. The van der Waals surface area contributed by atoms with Gasteiger partial charge in [0.05, 0.1) is 25.3 Å². The zero-order valence-corrected chi connectivity index (χ0v) is 12.5. The lowest BCUT2D eigenvalue weighted by Gasteiger charge is -2.20. The molecule has 1 heterocycles. The summed E-state index contributed by atoms with van der Waals surface area (Å²) in [5.74, 6) is 7.33. The Morgan fingerprint density at radius 1 is 1.14 bits per heavy atom. The Morgan fingerprint density at radius 2 is 1.76 bits per heavy atom. The van der Waals surface area contributed by atoms with Crippen LogP contribution < -0.4 is 26.5 Å². The van der Waals surface area contributed by atoms with Crippen LogP contribution in [0.15, 0.2) is 30.5 Å². The summed E-state index contributed by atoms with van der Waals surface area (Å²) >= 11 is 5.99. The number of hydrogen-bond acceptors (Lipinski definition) is 6. The normalized spacial score (nSPS) is 12.0. The number of hydrazine groups is 1. The number of ether oxygens (including phenoxy) is 2. The maximum Gasteiger partial charge on any atom is 0.128 e. The number of rotatable bonds is 5. The smallest absolute Gasteiger partial charge is 0.128 e. The largest absolute Gasteiger partial charge is 0.497 e. The summed E-state index contributed by atoms with van der Waals surface area (Å²) in [6.45, 7) is 0. The van der Waals surface area contributed by atoms with E-state index >= 15 is 0 Å². The van der Waals surface area contributed by atoms with Crippen LogP contribution in [-0.2, 0) is 0 Å². The molecule has 0 saturated heterocycles. The Hall–Kier alpha value is -2.02. The van der Waals surface area contributed by atoms with Crippen molar-refractivity contribution < 1.29 is 9.47 Å². The fourth-order valence-corrected chi connectivity index (χ4v) is 2.22. The topological polar surface area (TPSA) is 95.4 Å². The summed E-state index contributed by atoms with van der Waals surface area (Å²) < 4.78 is 10.5. The van der Waals surface area contributed by atoms with Crippen molar-refractivity contribution in [3.05, 3.63) is 46.6 Å². The van der Waals surface area contributed by atoms with E-state index in [2.05, 4.69) is 10.4 Å². The van der Waals surface area contributed by atoms with Crippen LogP contribution in [-0.4, -0.2) is 19.2 Å². The van der Waals surface area contributed by atoms with Crippen LogP contribution in [0.4, 0.5) is 5.82 Å². The number of aromatic nitrogens is 1. The van der Waals surface area contributed by atoms with Crippen molar-refractivity contribution in [1.82, 2.24) is 10.4 Å². The fraction of sp³-hybridized carbons (Fsp3) is 0.214. The molecule has 2 aromatic rings. The molecule has 1 aromatic carbocycles. The number of benzene rings is 1. The highest BCUT2D eigenvalue weighted by Crippen LogP contribution is 2.32. The predicted octanol–water partition coefficient (Wildman–Crippen LogP) is 1.89. The SMILES string of the molecule is COc1cc(OC)cc(C(NN)c2cc(Cl)cnc2N)c1. The second kappa shape index (κ2) is 6.62. The summed E-state index contributed by atoms with van der Waals surface area (Å²) in [7, 11) is 3.16. The van der Waals surface area contributed by atoms with Crippen molar-refractivity contribution in [3.63, 3.8) is 0 Å². The lowest BCUT2D eigenvalue weighted by Crippen LogP contribution is -2.29. The average molecular weight is 309 g/mol. The van der Waals surface area contributed by atoms with Gasteiger partial charge < -0.3 is 15.2 Å². The van der Waals surface area contributed by atoms with Gasteiger partial charge in [-0.05, 0) is 23.8 Å². The van der Waals surface area contributed by atoms with E-state index in [1.807, 2.05) is 12.1 Å². The third-order valence-electron chi connectivity index (χ3n) is 3.10. The van der Waals surface area contributed by atoms with Gasteiger partial charge in [0.1, 0.15) is 17.3 Å². The zero-order valence-electron chi connectivity index (χ0n) is 11.8. The Morgan fingerprint density at radius 3 is 2.29 bits per heavy atom. The minimum Gasteiger partial charge on any atom is -0.497 e. The number of nitrogen functional groups attached to an aromatic ring is 1. The van der Waals surface area contributed by atoms with Crippen molar-refractivity contribution in [2.75, 3.05) is 20.0 Å². The second-order valence-electron chi connectivity index (χ2n) is 4.37. The van der Waals surface area contributed by atoms with E-state index in [-0.39, 0.29) is 6.04 Å². The van der Waals surface area contributed by atoms with Gasteiger partial charge in [-0.25, -0.2) is 10.4 Å². The van der Waals surface area contributed by atoms with E-state index < -0.39 is 0 Å². The number of pyridine rings is 1. The minimum atomic E-state index is -0.389. The highest BCUT2D eigenvalue weighted by Gasteiger charge is 2.18. The molecule has 2 rings (SSSR count). The molecule has 5 N–H and O–H groups in total. The van der Waals surface area contributed by atoms with Crippen LogP contribution in [0.3, 0.4) is 0 Å². The van der Waals surface area contributed by atoms with Gasteiger partial charge in [0.2, 0.25) is 0 Å². The van der Waals surface area contributed by atoms with Crippen LogP contribution in [0, 0.1) is 0 Å². The van der Waals surface area contributed by atoms with Crippen LogP contribution in [0.2, 0.25) is 5.02 Å². The molecule has 112 valence electrons. The molecule has 0 amide bonds. The minimum absolute atomic E-state index is 0.351. The third-order valence-corrected chi connectivity index (χ3v) is 3.31. The molecule has 0 saturated carbocycles. The molecule has 1 unspecified atom stereocenters. The fourth-order valence-electron chi connectivity index (χ4n) is 2.06. The van der Waals surface area contributed by atoms with Crippen LogP contribution in [0.25, 0.3) is 0 Å². The predicted molar refractivity (Wildman–Crippen MR) is 82.4 cm³/mol. The molecule has 6 nitrogen and oxygen atoms in total. The second-order valence-corrected chi connectivity index (χ2v) is 4.81. The molecule has 1 aromatic heterocycles. The van der Waals surface area contributed by atoms with Crippen LogP contribution in [0.1, 0.15) is 17.2 Å². The van der Waals surface area contributed by atoms with Gasteiger partial charge in [-0.1, -0.05) is 11.6 Å². The molecule has 21 heavy (non-hydrogen) atoms. The highest BCUT2D eigenvalue weighted by atomic mass is 35.5. The third kappa shape index (κ3) is 3.36. The molecule has 7 heteroatoms. The first-order chi connectivity index (χ1) is 10.1. The van der Waals surface area contributed by atoms with Crippen LogP contribution in [0.5, 0.6) is 11.5 Å². The molecule has 0 bridgehead atoms. The number of nitrogens with zero attached hydrogens (tertiary/aromatic N) is 1. The van der Waals surface area contributed by atoms with Gasteiger partial charge in [-0.15, -0.1) is 0 Å². The number of anilines is 1. The number of methoxy groups -OCH3 is 2. The van der Waals surface area contributed by atoms with E-state index in [0.717, 1.165) is 5.56 Å². The molecule has 0 fully saturated rings. The summed E-state index contributed by atoms with van der Waals surface area (Å²) in [5, 5.41) is 0.481. The molecular formula is C14H17ClN4O2. The van der Waals surface area contributed by atoms with Gasteiger partial charge in [-0.3, -0.25) is 5.84 Å². The van der Waals surface area contributed by atoms with Crippen molar-refractivity contribution in [3.8, 4) is 11.5 Å². The quantitative estimate of drug-likeness (QED) is 0.576. The van der Waals surface area contributed by atoms with Gasteiger partial charge in [0.25, 0.3) is 0 Å². The van der Waals surface area contributed by atoms with Gasteiger partial charge >= 0.3 is 0 Å². The van der Waals surface area contributed by atoms with E-state index in [0.29, 0.717) is 27.9 Å². The molecular weight excluding hydrogens is 292 g/mol. The van der Waals surface area contributed by atoms with Gasteiger partial charge in [-0.2, -0.15) is 0 Å². The van der Waals surface area contributed by atoms with Crippen molar-refractivity contribution in [1.29, 1.82) is 0 Å². The Bertz CT molecular complexity index is 614. The Balaban J connectivity index is 2.52. The summed E-state index contributed by atoms with van der Waals surface area (Å²) in [4.78, 5) is 4.05. The molecule has 0 aliphatic rings. The van der Waals surface area contributed by atoms with E-state index in [1.54, 1.807) is 26.4 Å². The summed E-state index contributed by atoms with van der Waals surface area (Å²) in [6.07, 6.45) is 1.49. The molecule has 0 aliphatic carbocycles.